The Balaban J connectivity index is 2.97. The summed E-state index contributed by atoms with van der Waals surface area (Å²) in [6, 6.07) is 6.76. The van der Waals surface area contributed by atoms with E-state index in [1.54, 1.807) is 31.3 Å². The molecule has 0 aliphatic carbocycles. The van der Waals surface area contributed by atoms with Gasteiger partial charge in [-0.25, -0.2) is 4.79 Å². The fraction of sp³-hybridized carbons (Fsp3) is 0.100. The first-order valence-corrected chi connectivity index (χ1v) is 4.30. The second kappa shape index (κ2) is 3.20. The largest absolute Gasteiger partial charge is 0.476 e. The average Bonchev–Trinajstić information content (AvgIpc) is 2.23. The highest BCUT2D eigenvalue weighted by Gasteiger charge is 2.14. The van der Waals surface area contributed by atoms with Crippen LogP contribution in [0.1, 0.15) is 10.5 Å². The number of benzene rings is 1. The summed E-state index contributed by atoms with van der Waals surface area (Å²) in [5.41, 5.74) is -0.375. The van der Waals surface area contributed by atoms with E-state index in [1.807, 2.05) is 0 Å². The Hall–Kier alpha value is -2.17. The monoisotopic (exact) mass is 204 g/mol. The summed E-state index contributed by atoms with van der Waals surface area (Å²) in [6.07, 6.45) is 0. The first kappa shape index (κ1) is 9.39. The van der Waals surface area contributed by atoms with E-state index in [-0.39, 0.29) is 0 Å². The minimum absolute atomic E-state index is 0.368. The number of aromatic nitrogens is 2. The standard InChI is InChI=1S/C10H8N2O3/c1-12-7-5-3-2-4-6(7)9(13)8(11-12)10(14)15/h2-5H,1H3,(H,14,15). The van der Waals surface area contributed by atoms with Crippen LogP contribution in [0.25, 0.3) is 10.9 Å². The van der Waals surface area contributed by atoms with Gasteiger partial charge in [-0.05, 0) is 12.1 Å². The lowest BCUT2D eigenvalue weighted by Gasteiger charge is -2.04. The Bertz CT molecular complexity index is 601. The Morgan fingerprint density at radius 1 is 1.40 bits per heavy atom. The Morgan fingerprint density at radius 2 is 2.07 bits per heavy atom. The first-order valence-electron chi connectivity index (χ1n) is 4.30. The molecular formula is C10H8N2O3. The highest BCUT2D eigenvalue weighted by molar-refractivity contribution is 5.90. The molecule has 2 rings (SSSR count). The van der Waals surface area contributed by atoms with Crippen LogP contribution in [-0.4, -0.2) is 20.9 Å². The SMILES string of the molecule is Cn1nc(C(=O)O)c(=O)c2ccccc21. The van der Waals surface area contributed by atoms with Gasteiger partial charge in [0, 0.05) is 12.4 Å². The topological polar surface area (TPSA) is 72.2 Å². The molecular weight excluding hydrogens is 196 g/mol. The van der Waals surface area contributed by atoms with Gasteiger partial charge in [-0.15, -0.1) is 0 Å². The molecule has 5 nitrogen and oxygen atoms in total. The summed E-state index contributed by atoms with van der Waals surface area (Å²) >= 11 is 0. The fourth-order valence-electron chi connectivity index (χ4n) is 1.46. The molecule has 0 bridgehead atoms. The van der Waals surface area contributed by atoms with Crippen LogP contribution in [0.2, 0.25) is 0 Å². The fourth-order valence-corrected chi connectivity index (χ4v) is 1.46. The third-order valence-corrected chi connectivity index (χ3v) is 2.16. The minimum Gasteiger partial charge on any atom is -0.476 e. The molecule has 0 amide bonds. The Labute approximate surface area is 84.6 Å². The lowest BCUT2D eigenvalue weighted by molar-refractivity contribution is 0.0687. The van der Waals surface area contributed by atoms with Crippen LogP contribution in [-0.2, 0) is 7.05 Å². The maximum absolute atomic E-state index is 11.7. The zero-order valence-corrected chi connectivity index (χ0v) is 7.97. The Kier molecular flexibility index (Phi) is 2.00. The molecule has 15 heavy (non-hydrogen) atoms. The van der Waals surface area contributed by atoms with Gasteiger partial charge in [0.15, 0.2) is 0 Å². The van der Waals surface area contributed by atoms with Crippen molar-refractivity contribution in [3.05, 3.63) is 40.2 Å². The van der Waals surface area contributed by atoms with Gasteiger partial charge in [-0.3, -0.25) is 9.48 Å². The van der Waals surface area contributed by atoms with Gasteiger partial charge in [-0.2, -0.15) is 5.10 Å². The van der Waals surface area contributed by atoms with E-state index in [0.29, 0.717) is 10.9 Å². The molecule has 0 saturated heterocycles. The predicted octanol–water partition coefficient (Wildman–Crippen LogP) is 0.632. The van der Waals surface area contributed by atoms with Crippen LogP contribution in [0, 0.1) is 0 Å². The van der Waals surface area contributed by atoms with Gasteiger partial charge in [0.2, 0.25) is 11.1 Å². The number of nitrogens with zero attached hydrogens (tertiary/aromatic N) is 2. The second-order valence-electron chi connectivity index (χ2n) is 3.12. The van der Waals surface area contributed by atoms with Crippen molar-refractivity contribution in [2.75, 3.05) is 0 Å². The summed E-state index contributed by atoms with van der Waals surface area (Å²) in [5, 5.41) is 12.8. The number of carboxylic acids is 1. The van der Waals surface area contributed by atoms with Crippen LogP contribution < -0.4 is 5.43 Å². The van der Waals surface area contributed by atoms with E-state index in [4.69, 9.17) is 5.11 Å². The average molecular weight is 204 g/mol. The van der Waals surface area contributed by atoms with Crippen LogP contribution >= 0.6 is 0 Å². The quantitative estimate of drug-likeness (QED) is 0.739. The van der Waals surface area contributed by atoms with Crippen LogP contribution in [0.5, 0.6) is 0 Å². The van der Waals surface area contributed by atoms with Gasteiger partial charge in [0.1, 0.15) is 0 Å². The summed E-state index contributed by atoms with van der Waals surface area (Å²) in [4.78, 5) is 22.4. The molecule has 0 fully saturated rings. The zero-order valence-electron chi connectivity index (χ0n) is 7.97. The molecule has 2 aromatic rings. The van der Waals surface area contributed by atoms with Crippen molar-refractivity contribution in [3.63, 3.8) is 0 Å². The molecule has 5 heteroatoms. The molecule has 0 aliphatic heterocycles. The third-order valence-electron chi connectivity index (χ3n) is 2.16. The van der Waals surface area contributed by atoms with Gasteiger partial charge >= 0.3 is 5.97 Å². The predicted molar refractivity (Wildman–Crippen MR) is 53.9 cm³/mol. The molecule has 0 unspecified atom stereocenters. The lowest BCUT2D eigenvalue weighted by atomic mass is 10.2. The first-order chi connectivity index (χ1) is 7.11. The number of fused-ring (bicyclic) bond motifs is 1. The number of para-hydroxylation sites is 1. The summed E-state index contributed by atoms with van der Waals surface area (Å²) in [7, 11) is 1.61. The van der Waals surface area contributed by atoms with E-state index < -0.39 is 17.1 Å². The van der Waals surface area contributed by atoms with Crippen molar-refractivity contribution in [1.29, 1.82) is 0 Å². The van der Waals surface area contributed by atoms with Crippen molar-refractivity contribution >= 4 is 16.9 Å². The molecule has 0 saturated carbocycles. The van der Waals surface area contributed by atoms with Crippen LogP contribution in [0.3, 0.4) is 0 Å². The smallest absolute Gasteiger partial charge is 0.360 e. The number of carbonyl (C=O) groups is 1. The van der Waals surface area contributed by atoms with Crippen molar-refractivity contribution < 1.29 is 9.90 Å². The maximum Gasteiger partial charge on any atom is 0.360 e. The van der Waals surface area contributed by atoms with Gasteiger partial charge in [-0.1, -0.05) is 12.1 Å². The number of carboxylic acid groups (broad SMARTS) is 1. The molecule has 1 aromatic heterocycles. The molecule has 0 atom stereocenters. The van der Waals surface area contributed by atoms with Crippen molar-refractivity contribution in [2.45, 2.75) is 0 Å². The Morgan fingerprint density at radius 3 is 2.73 bits per heavy atom. The van der Waals surface area contributed by atoms with Crippen molar-refractivity contribution in [3.8, 4) is 0 Å². The van der Waals surface area contributed by atoms with E-state index >= 15 is 0 Å². The molecule has 76 valence electrons. The van der Waals surface area contributed by atoms with E-state index in [2.05, 4.69) is 5.10 Å². The normalized spacial score (nSPS) is 10.5. The minimum atomic E-state index is -1.30. The summed E-state index contributed by atoms with van der Waals surface area (Å²) in [6.45, 7) is 0. The van der Waals surface area contributed by atoms with Crippen molar-refractivity contribution in [1.82, 2.24) is 9.78 Å². The number of hydrogen-bond acceptors (Lipinski definition) is 3. The van der Waals surface area contributed by atoms with Crippen LogP contribution in [0.4, 0.5) is 0 Å². The van der Waals surface area contributed by atoms with E-state index in [1.165, 1.54) is 4.68 Å². The summed E-state index contributed by atoms with van der Waals surface area (Å²) in [5.74, 6) is -1.30. The van der Waals surface area contributed by atoms with Gasteiger partial charge < -0.3 is 5.11 Å². The van der Waals surface area contributed by atoms with Gasteiger partial charge in [0.05, 0.1) is 5.52 Å². The van der Waals surface area contributed by atoms with E-state index in [0.717, 1.165) is 0 Å². The summed E-state index contributed by atoms with van der Waals surface area (Å²) < 4.78 is 1.39. The number of aromatic carboxylic acids is 1. The highest BCUT2D eigenvalue weighted by Crippen LogP contribution is 2.07. The molecule has 1 N–H and O–H groups in total. The number of hydrogen-bond donors (Lipinski definition) is 1. The van der Waals surface area contributed by atoms with Gasteiger partial charge in [0.25, 0.3) is 0 Å². The number of rotatable bonds is 1. The van der Waals surface area contributed by atoms with Crippen LogP contribution in [0.15, 0.2) is 29.1 Å². The molecule has 0 spiro atoms. The highest BCUT2D eigenvalue weighted by atomic mass is 16.4. The lowest BCUT2D eigenvalue weighted by Crippen LogP contribution is -2.21. The number of aryl methyl sites for hydroxylation is 1. The second-order valence-corrected chi connectivity index (χ2v) is 3.12. The molecule has 0 radical (unpaired) electrons. The van der Waals surface area contributed by atoms with Crippen molar-refractivity contribution in [2.24, 2.45) is 7.05 Å². The molecule has 0 aliphatic rings. The third kappa shape index (κ3) is 1.38. The maximum atomic E-state index is 11.7. The van der Waals surface area contributed by atoms with E-state index in [9.17, 15) is 9.59 Å². The zero-order chi connectivity index (χ0) is 11.0. The molecule has 1 heterocycles. The molecule has 1 aromatic carbocycles.